The monoisotopic (exact) mass is 320 g/mol. The van der Waals surface area contributed by atoms with Gasteiger partial charge in [0.05, 0.1) is 33.5 Å². The van der Waals surface area contributed by atoms with Crippen molar-refractivity contribution in [3.8, 4) is 0 Å². The fourth-order valence-electron chi connectivity index (χ4n) is 2.71. The molecule has 7 heteroatoms. The number of anilines is 1. The molecule has 2 aromatic heterocycles. The fourth-order valence-corrected chi connectivity index (χ4v) is 3.86. The van der Waals surface area contributed by atoms with Crippen molar-refractivity contribution >= 4 is 23.1 Å². The minimum Gasteiger partial charge on any atom is -0.320 e. The van der Waals surface area contributed by atoms with Gasteiger partial charge in [-0.15, -0.1) is 11.3 Å². The highest BCUT2D eigenvalue weighted by Crippen LogP contribution is 2.37. The molecular weight excluding hydrogens is 303 g/mol. The van der Waals surface area contributed by atoms with Gasteiger partial charge in [0.1, 0.15) is 0 Å². The Hall–Kier alpha value is -2.02. The van der Waals surface area contributed by atoms with Crippen LogP contribution < -0.4 is 5.32 Å². The molecule has 1 aliphatic rings. The molecule has 0 saturated carbocycles. The number of fused-ring (bicyclic) bond motifs is 1. The lowest BCUT2D eigenvalue weighted by molar-refractivity contribution is 0.198. The average Bonchev–Trinajstić information content (AvgIpc) is 2.88. The highest BCUT2D eigenvalue weighted by molar-refractivity contribution is 7.11. The number of rotatable bonds is 2. The molecule has 0 fully saturated rings. The number of pyridine rings is 1. The highest BCUT2D eigenvalue weighted by atomic mass is 32.1. The van der Waals surface area contributed by atoms with Gasteiger partial charge >= 0.3 is 6.03 Å². The minimum absolute atomic E-state index is 0.000140. The van der Waals surface area contributed by atoms with E-state index in [4.69, 9.17) is 0 Å². The van der Waals surface area contributed by atoms with Gasteiger partial charge in [0, 0.05) is 13.2 Å². The Morgan fingerprint density at radius 2 is 2.36 bits per heavy atom. The van der Waals surface area contributed by atoms with E-state index in [0.717, 1.165) is 41.0 Å². The first kappa shape index (κ1) is 14.9. The fraction of sp³-hybridized carbons (Fsp3) is 0.400. The Balaban J connectivity index is 1.78. The summed E-state index contributed by atoms with van der Waals surface area (Å²) in [5.74, 6) is -0.540. The second kappa shape index (κ2) is 6.00. The standard InChI is InChI=1S/C15H17FN4OS/c1-9-18-12-4-3-5-13(14(12)22-9)20(2)15(21)19-11-6-7-17-8-10(11)16/h6-8,13H,3-5H2,1-2H3,(H,17,19,21). The first-order valence-electron chi connectivity index (χ1n) is 7.16. The van der Waals surface area contributed by atoms with E-state index < -0.39 is 5.82 Å². The van der Waals surface area contributed by atoms with E-state index in [2.05, 4.69) is 15.3 Å². The summed E-state index contributed by atoms with van der Waals surface area (Å²) in [6.07, 6.45) is 5.40. The zero-order valence-electron chi connectivity index (χ0n) is 12.5. The van der Waals surface area contributed by atoms with E-state index in [-0.39, 0.29) is 17.8 Å². The number of nitrogens with zero attached hydrogens (tertiary/aromatic N) is 3. The molecule has 1 N–H and O–H groups in total. The van der Waals surface area contributed by atoms with Gasteiger partial charge in [-0.05, 0) is 32.3 Å². The Bertz CT molecular complexity index is 703. The quantitative estimate of drug-likeness (QED) is 0.921. The molecule has 1 aliphatic carbocycles. The number of aryl methyl sites for hydroxylation is 2. The summed E-state index contributed by atoms with van der Waals surface area (Å²) in [6.45, 7) is 1.98. The largest absolute Gasteiger partial charge is 0.322 e. The van der Waals surface area contributed by atoms with Crippen LogP contribution in [0.4, 0.5) is 14.9 Å². The van der Waals surface area contributed by atoms with Crippen molar-refractivity contribution in [1.29, 1.82) is 0 Å². The predicted molar refractivity (Wildman–Crippen MR) is 83.5 cm³/mol. The summed E-state index contributed by atoms with van der Waals surface area (Å²) in [5, 5.41) is 3.62. The number of aromatic nitrogens is 2. The van der Waals surface area contributed by atoms with E-state index in [1.807, 2.05) is 6.92 Å². The minimum atomic E-state index is -0.540. The van der Waals surface area contributed by atoms with Crippen molar-refractivity contribution in [2.24, 2.45) is 0 Å². The Morgan fingerprint density at radius 1 is 1.55 bits per heavy atom. The van der Waals surface area contributed by atoms with Crippen molar-refractivity contribution in [3.63, 3.8) is 0 Å². The Labute approximate surface area is 132 Å². The number of amides is 2. The van der Waals surface area contributed by atoms with Gasteiger partial charge in [-0.25, -0.2) is 14.2 Å². The molecule has 0 radical (unpaired) electrons. The number of carbonyl (C=O) groups is 1. The molecule has 1 unspecified atom stereocenters. The van der Waals surface area contributed by atoms with Crippen LogP contribution in [-0.4, -0.2) is 27.9 Å². The molecule has 116 valence electrons. The third-order valence-electron chi connectivity index (χ3n) is 3.83. The maximum Gasteiger partial charge on any atom is 0.322 e. The molecule has 0 saturated heterocycles. The smallest absolute Gasteiger partial charge is 0.320 e. The predicted octanol–water partition coefficient (Wildman–Crippen LogP) is 3.53. The summed E-state index contributed by atoms with van der Waals surface area (Å²) in [6, 6.07) is 1.12. The summed E-state index contributed by atoms with van der Waals surface area (Å²) >= 11 is 1.64. The third-order valence-corrected chi connectivity index (χ3v) is 4.94. The third kappa shape index (κ3) is 2.81. The highest BCUT2D eigenvalue weighted by Gasteiger charge is 2.29. The molecule has 2 heterocycles. The Kier molecular flexibility index (Phi) is 4.06. The van der Waals surface area contributed by atoms with Gasteiger partial charge in [-0.2, -0.15) is 0 Å². The van der Waals surface area contributed by atoms with Crippen LogP contribution in [0.2, 0.25) is 0 Å². The van der Waals surface area contributed by atoms with Crippen LogP contribution in [0.25, 0.3) is 0 Å². The summed E-state index contributed by atoms with van der Waals surface area (Å²) in [7, 11) is 1.74. The zero-order valence-corrected chi connectivity index (χ0v) is 13.3. The molecule has 2 aromatic rings. The zero-order chi connectivity index (χ0) is 15.7. The summed E-state index contributed by atoms with van der Waals surface area (Å²) < 4.78 is 13.6. The number of thiazole rings is 1. The molecule has 3 rings (SSSR count). The van der Waals surface area contributed by atoms with Gasteiger partial charge in [0.2, 0.25) is 0 Å². The number of hydrogen-bond donors (Lipinski definition) is 1. The van der Waals surface area contributed by atoms with Crippen molar-refractivity contribution in [1.82, 2.24) is 14.9 Å². The first-order valence-corrected chi connectivity index (χ1v) is 7.97. The van der Waals surface area contributed by atoms with Crippen LogP contribution in [0.5, 0.6) is 0 Å². The van der Waals surface area contributed by atoms with Crippen LogP contribution in [0.3, 0.4) is 0 Å². The lowest BCUT2D eigenvalue weighted by Crippen LogP contribution is -2.36. The van der Waals surface area contributed by atoms with Crippen LogP contribution in [0.1, 0.15) is 34.5 Å². The van der Waals surface area contributed by atoms with Crippen molar-refractivity contribution in [3.05, 3.63) is 39.9 Å². The number of nitrogens with one attached hydrogen (secondary N) is 1. The van der Waals surface area contributed by atoms with Gasteiger partial charge in [0.25, 0.3) is 0 Å². The molecule has 22 heavy (non-hydrogen) atoms. The van der Waals surface area contributed by atoms with E-state index in [1.54, 1.807) is 23.3 Å². The second-order valence-corrected chi connectivity index (χ2v) is 6.58. The van der Waals surface area contributed by atoms with Gasteiger partial charge in [-0.3, -0.25) is 4.98 Å². The maximum absolute atomic E-state index is 13.6. The average molecular weight is 320 g/mol. The van der Waals surface area contributed by atoms with E-state index in [0.29, 0.717) is 0 Å². The van der Waals surface area contributed by atoms with E-state index in [9.17, 15) is 9.18 Å². The normalized spacial score (nSPS) is 17.0. The number of halogens is 1. The Morgan fingerprint density at radius 3 is 3.14 bits per heavy atom. The molecular formula is C15H17FN4OS. The van der Waals surface area contributed by atoms with Crippen LogP contribution in [0.15, 0.2) is 18.5 Å². The van der Waals surface area contributed by atoms with Crippen molar-refractivity contribution < 1.29 is 9.18 Å². The molecule has 1 atom stereocenters. The van der Waals surface area contributed by atoms with Crippen molar-refractivity contribution in [2.45, 2.75) is 32.2 Å². The summed E-state index contributed by atoms with van der Waals surface area (Å²) in [5.41, 5.74) is 1.23. The van der Waals surface area contributed by atoms with Gasteiger partial charge < -0.3 is 10.2 Å². The molecule has 5 nitrogen and oxygen atoms in total. The van der Waals surface area contributed by atoms with Crippen LogP contribution >= 0.6 is 11.3 Å². The van der Waals surface area contributed by atoms with Crippen LogP contribution in [0, 0.1) is 12.7 Å². The first-order chi connectivity index (χ1) is 10.6. The second-order valence-electron chi connectivity index (χ2n) is 5.35. The van der Waals surface area contributed by atoms with Crippen LogP contribution in [-0.2, 0) is 6.42 Å². The SMILES string of the molecule is Cc1nc2c(s1)C(N(C)C(=O)Nc1ccncc1F)CCC2. The molecule has 0 aromatic carbocycles. The molecule has 0 aliphatic heterocycles. The lowest BCUT2D eigenvalue weighted by atomic mass is 9.97. The lowest BCUT2D eigenvalue weighted by Gasteiger charge is -2.30. The topological polar surface area (TPSA) is 58.1 Å². The van der Waals surface area contributed by atoms with Gasteiger partial charge in [-0.1, -0.05) is 0 Å². The molecule has 0 bridgehead atoms. The summed E-state index contributed by atoms with van der Waals surface area (Å²) in [4.78, 5) is 23.4. The number of hydrogen-bond acceptors (Lipinski definition) is 4. The van der Waals surface area contributed by atoms with E-state index in [1.165, 1.54) is 12.3 Å². The maximum atomic E-state index is 13.6. The molecule has 0 spiro atoms. The van der Waals surface area contributed by atoms with Crippen molar-refractivity contribution in [2.75, 3.05) is 12.4 Å². The number of urea groups is 1. The number of carbonyl (C=O) groups excluding carboxylic acids is 1. The molecule has 2 amide bonds. The van der Waals surface area contributed by atoms with E-state index >= 15 is 0 Å². The van der Waals surface area contributed by atoms with Gasteiger partial charge in [0.15, 0.2) is 5.82 Å².